The minimum atomic E-state index is -3.93. The second-order valence-corrected chi connectivity index (χ2v) is 6.19. The van der Waals surface area contributed by atoms with Gasteiger partial charge in [-0.1, -0.05) is 6.92 Å². The lowest BCUT2D eigenvalue weighted by molar-refractivity contribution is -0.184. The summed E-state index contributed by atoms with van der Waals surface area (Å²) in [4.78, 5) is 11.7. The van der Waals surface area contributed by atoms with Crippen LogP contribution < -0.4 is 5.14 Å². The van der Waals surface area contributed by atoms with Crippen molar-refractivity contribution in [2.24, 2.45) is 5.14 Å². The maximum absolute atomic E-state index is 11.8. The van der Waals surface area contributed by atoms with E-state index in [9.17, 15) is 13.2 Å². The predicted molar refractivity (Wildman–Crippen MR) is 64.8 cm³/mol. The number of hydrogen-bond acceptors (Lipinski definition) is 6. The van der Waals surface area contributed by atoms with Crippen molar-refractivity contribution in [3.63, 3.8) is 0 Å². The van der Waals surface area contributed by atoms with E-state index >= 15 is 0 Å². The Kier molecular flexibility index (Phi) is 3.71. The molecule has 1 fully saturated rings. The maximum atomic E-state index is 11.8. The van der Waals surface area contributed by atoms with E-state index in [1.807, 2.05) is 0 Å². The second kappa shape index (κ2) is 4.96. The summed E-state index contributed by atoms with van der Waals surface area (Å²) in [5.74, 6) is -0.701. The number of thiophene rings is 1. The summed E-state index contributed by atoms with van der Waals surface area (Å²) in [6.45, 7) is 2.34. The van der Waals surface area contributed by atoms with Gasteiger partial charge in [0.1, 0.15) is 9.77 Å². The first-order valence-electron chi connectivity index (χ1n) is 5.39. The summed E-state index contributed by atoms with van der Waals surface area (Å²) < 4.78 is 33.0. The van der Waals surface area contributed by atoms with E-state index in [2.05, 4.69) is 0 Å². The smallest absolute Gasteiger partial charge is 0.352 e. The number of rotatable bonds is 4. The molecule has 100 valence electrons. The highest BCUT2D eigenvalue weighted by atomic mass is 32.2. The van der Waals surface area contributed by atoms with Crippen molar-refractivity contribution in [1.29, 1.82) is 0 Å². The lowest BCUT2D eigenvalue weighted by Gasteiger charge is -2.25. The van der Waals surface area contributed by atoms with Crippen molar-refractivity contribution in [2.75, 3.05) is 6.61 Å². The highest BCUT2D eigenvalue weighted by molar-refractivity contribution is 7.89. The van der Waals surface area contributed by atoms with Gasteiger partial charge in [-0.3, -0.25) is 0 Å². The lowest BCUT2D eigenvalue weighted by atomic mass is 10.2. The van der Waals surface area contributed by atoms with Gasteiger partial charge in [0.2, 0.25) is 16.3 Å². The SMILES string of the molecule is CCc1csc(C(=O)OC2CCO2)c1S(N)(=O)=O. The first-order chi connectivity index (χ1) is 8.43. The van der Waals surface area contributed by atoms with Crippen LogP contribution in [0.25, 0.3) is 0 Å². The molecule has 1 unspecified atom stereocenters. The molecule has 1 aromatic heterocycles. The van der Waals surface area contributed by atoms with E-state index in [1.165, 1.54) is 0 Å². The summed E-state index contributed by atoms with van der Waals surface area (Å²) >= 11 is 1.02. The molecular weight excluding hydrogens is 278 g/mol. The van der Waals surface area contributed by atoms with Crippen molar-refractivity contribution >= 4 is 27.3 Å². The molecule has 0 amide bonds. The lowest BCUT2D eigenvalue weighted by Crippen LogP contribution is -2.32. The van der Waals surface area contributed by atoms with Gasteiger partial charge in [0.15, 0.2) is 0 Å². The van der Waals surface area contributed by atoms with Gasteiger partial charge in [0.05, 0.1) is 6.61 Å². The molecule has 2 rings (SSSR count). The van der Waals surface area contributed by atoms with Crippen molar-refractivity contribution < 1.29 is 22.7 Å². The molecule has 18 heavy (non-hydrogen) atoms. The largest absolute Gasteiger partial charge is 0.431 e. The van der Waals surface area contributed by atoms with Crippen LogP contribution in [0.15, 0.2) is 10.3 Å². The third kappa shape index (κ3) is 2.56. The molecule has 2 heterocycles. The number of nitrogens with two attached hydrogens (primary N) is 1. The van der Waals surface area contributed by atoms with Crippen LogP contribution in [0.4, 0.5) is 0 Å². The first kappa shape index (κ1) is 13.5. The Morgan fingerprint density at radius 1 is 1.67 bits per heavy atom. The summed E-state index contributed by atoms with van der Waals surface area (Å²) in [7, 11) is -3.93. The Balaban J connectivity index is 2.32. The van der Waals surface area contributed by atoms with E-state index in [0.717, 1.165) is 11.3 Å². The zero-order valence-corrected chi connectivity index (χ0v) is 11.3. The van der Waals surface area contributed by atoms with Gasteiger partial charge in [-0.05, 0) is 17.4 Å². The highest BCUT2D eigenvalue weighted by Gasteiger charge is 2.29. The Labute approximate surface area is 109 Å². The molecule has 0 spiro atoms. The summed E-state index contributed by atoms with van der Waals surface area (Å²) in [5, 5.41) is 6.74. The minimum Gasteiger partial charge on any atom is -0.431 e. The van der Waals surface area contributed by atoms with E-state index in [4.69, 9.17) is 14.6 Å². The summed E-state index contributed by atoms with van der Waals surface area (Å²) in [6, 6.07) is 0. The molecule has 1 aliphatic rings. The molecule has 1 saturated heterocycles. The fraction of sp³-hybridized carbons (Fsp3) is 0.500. The molecule has 0 bridgehead atoms. The van der Waals surface area contributed by atoms with Crippen LogP contribution in [-0.4, -0.2) is 27.3 Å². The Hall–Kier alpha value is -0.960. The third-order valence-electron chi connectivity index (χ3n) is 2.56. The molecule has 8 heteroatoms. The molecule has 2 N–H and O–H groups in total. The molecule has 0 aromatic carbocycles. The Morgan fingerprint density at radius 3 is 2.78 bits per heavy atom. The van der Waals surface area contributed by atoms with Crippen molar-refractivity contribution in [3.8, 4) is 0 Å². The maximum Gasteiger partial charge on any atom is 0.352 e. The van der Waals surface area contributed by atoms with Crippen LogP contribution in [0.5, 0.6) is 0 Å². The number of ether oxygens (including phenoxy) is 2. The van der Waals surface area contributed by atoms with Crippen LogP contribution in [0.2, 0.25) is 0 Å². The van der Waals surface area contributed by atoms with Crippen LogP contribution >= 0.6 is 11.3 Å². The van der Waals surface area contributed by atoms with E-state index < -0.39 is 22.3 Å². The number of primary sulfonamides is 1. The highest BCUT2D eigenvalue weighted by Crippen LogP contribution is 2.28. The van der Waals surface area contributed by atoms with Crippen LogP contribution in [-0.2, 0) is 25.9 Å². The predicted octanol–water partition coefficient (Wildman–Crippen LogP) is 0.861. The normalized spacial score (nSPS) is 19.3. The van der Waals surface area contributed by atoms with Crippen LogP contribution in [0.1, 0.15) is 28.6 Å². The summed E-state index contributed by atoms with van der Waals surface area (Å²) in [6.07, 6.45) is 0.538. The average Bonchev–Trinajstić information content (AvgIpc) is 2.66. The number of carbonyl (C=O) groups excluding carboxylic acids is 1. The molecule has 0 saturated carbocycles. The van der Waals surface area contributed by atoms with Gasteiger partial charge in [-0.25, -0.2) is 18.4 Å². The molecule has 1 aliphatic heterocycles. The topological polar surface area (TPSA) is 95.7 Å². The quantitative estimate of drug-likeness (QED) is 0.830. The van der Waals surface area contributed by atoms with E-state index in [0.29, 0.717) is 25.0 Å². The summed E-state index contributed by atoms with van der Waals surface area (Å²) in [5.41, 5.74) is 0.531. The fourth-order valence-electron chi connectivity index (χ4n) is 1.56. The number of carbonyl (C=O) groups is 1. The van der Waals surface area contributed by atoms with Gasteiger partial charge < -0.3 is 9.47 Å². The van der Waals surface area contributed by atoms with Gasteiger partial charge in [-0.15, -0.1) is 11.3 Å². The minimum absolute atomic E-state index is 0.0184. The molecule has 1 aromatic rings. The number of aryl methyl sites for hydroxylation is 1. The third-order valence-corrected chi connectivity index (χ3v) is 4.74. The Morgan fingerprint density at radius 2 is 2.33 bits per heavy atom. The monoisotopic (exact) mass is 291 g/mol. The van der Waals surface area contributed by atoms with Crippen LogP contribution in [0.3, 0.4) is 0 Å². The number of sulfonamides is 1. The standard InChI is InChI=1S/C10H13NO5S2/c1-2-6-5-17-8(9(6)18(11,13)14)10(12)16-7-3-4-15-7/h5,7H,2-4H2,1H3,(H2,11,13,14). The Bertz CT molecular complexity index is 559. The molecular formula is C10H13NO5S2. The van der Waals surface area contributed by atoms with Crippen LogP contribution in [0, 0.1) is 0 Å². The van der Waals surface area contributed by atoms with Crippen molar-refractivity contribution in [1.82, 2.24) is 0 Å². The van der Waals surface area contributed by atoms with Gasteiger partial charge in [-0.2, -0.15) is 0 Å². The van der Waals surface area contributed by atoms with Gasteiger partial charge >= 0.3 is 5.97 Å². The average molecular weight is 291 g/mol. The number of esters is 1. The van der Waals surface area contributed by atoms with Gasteiger partial charge in [0, 0.05) is 6.42 Å². The molecule has 6 nitrogen and oxygen atoms in total. The van der Waals surface area contributed by atoms with E-state index in [1.54, 1.807) is 12.3 Å². The first-order valence-corrected chi connectivity index (χ1v) is 7.81. The van der Waals surface area contributed by atoms with Crippen molar-refractivity contribution in [3.05, 3.63) is 15.8 Å². The van der Waals surface area contributed by atoms with E-state index in [-0.39, 0.29) is 9.77 Å². The second-order valence-electron chi connectivity index (χ2n) is 3.81. The zero-order chi connectivity index (χ0) is 13.3. The molecule has 1 atom stereocenters. The molecule has 0 aliphatic carbocycles. The van der Waals surface area contributed by atoms with Gasteiger partial charge in [0.25, 0.3) is 0 Å². The fourth-order valence-corrected chi connectivity index (χ4v) is 3.96. The number of hydrogen-bond donors (Lipinski definition) is 1. The molecule has 0 radical (unpaired) electrons. The zero-order valence-electron chi connectivity index (χ0n) is 9.71. The van der Waals surface area contributed by atoms with Crippen molar-refractivity contribution in [2.45, 2.75) is 31.0 Å².